The number of hydrogen-bond acceptors (Lipinski definition) is 7. The van der Waals surface area contributed by atoms with Crippen molar-refractivity contribution in [3.05, 3.63) is 35.5 Å². The monoisotopic (exact) mass is 353 g/mol. The van der Waals surface area contributed by atoms with Gasteiger partial charge in [-0.15, -0.1) is 0 Å². The minimum atomic E-state index is -0.0897. The third kappa shape index (κ3) is 3.07. The van der Waals surface area contributed by atoms with Crippen LogP contribution < -0.4 is 15.1 Å². The van der Waals surface area contributed by atoms with Crippen LogP contribution in [0.3, 0.4) is 0 Å². The number of fused-ring (bicyclic) bond motifs is 1. The van der Waals surface area contributed by atoms with Crippen LogP contribution in [0.4, 0.5) is 11.8 Å². The van der Waals surface area contributed by atoms with Crippen molar-refractivity contribution < 1.29 is 4.79 Å². The fourth-order valence-corrected chi connectivity index (χ4v) is 3.38. The van der Waals surface area contributed by atoms with Crippen LogP contribution in [0.1, 0.15) is 41.6 Å². The first kappa shape index (κ1) is 16.7. The Morgan fingerprint density at radius 2 is 1.73 bits per heavy atom. The molecule has 0 atom stereocenters. The molecule has 0 saturated carbocycles. The number of aromatic nitrogens is 4. The average molecular weight is 353 g/mol. The molecule has 2 aromatic rings. The molecule has 1 N–H and O–H groups in total. The molecule has 2 aliphatic rings. The molecular formula is C18H23N7O. The van der Waals surface area contributed by atoms with Crippen molar-refractivity contribution in [1.82, 2.24) is 25.3 Å². The zero-order valence-electron chi connectivity index (χ0n) is 15.1. The highest BCUT2D eigenvalue weighted by atomic mass is 16.1. The summed E-state index contributed by atoms with van der Waals surface area (Å²) >= 11 is 0. The summed E-state index contributed by atoms with van der Waals surface area (Å²) in [5.41, 5.74) is 1.52. The van der Waals surface area contributed by atoms with Gasteiger partial charge in [-0.1, -0.05) is 13.8 Å². The van der Waals surface area contributed by atoms with E-state index < -0.39 is 0 Å². The van der Waals surface area contributed by atoms with E-state index in [1.165, 1.54) is 0 Å². The first-order chi connectivity index (χ1) is 12.6. The lowest BCUT2D eigenvalue weighted by Gasteiger charge is -2.37. The fourth-order valence-electron chi connectivity index (χ4n) is 3.38. The number of rotatable bonds is 3. The van der Waals surface area contributed by atoms with Crippen LogP contribution in [-0.4, -0.2) is 58.6 Å². The molecule has 136 valence electrons. The topological polar surface area (TPSA) is 87.1 Å². The highest BCUT2D eigenvalue weighted by molar-refractivity contribution is 5.96. The van der Waals surface area contributed by atoms with Crippen molar-refractivity contribution in [3.8, 4) is 0 Å². The zero-order valence-corrected chi connectivity index (χ0v) is 15.1. The molecule has 0 aliphatic carbocycles. The molecule has 2 aliphatic heterocycles. The van der Waals surface area contributed by atoms with Crippen LogP contribution in [0.5, 0.6) is 0 Å². The molecule has 2 aromatic heterocycles. The summed E-state index contributed by atoms with van der Waals surface area (Å²) < 4.78 is 0. The summed E-state index contributed by atoms with van der Waals surface area (Å²) in [7, 11) is 0. The molecule has 8 nitrogen and oxygen atoms in total. The Kier molecular flexibility index (Phi) is 4.40. The van der Waals surface area contributed by atoms with E-state index in [0.717, 1.165) is 55.8 Å². The Balaban J connectivity index is 1.61. The number of nitrogens with one attached hydrogen (secondary N) is 1. The van der Waals surface area contributed by atoms with Crippen LogP contribution in [-0.2, 0) is 6.42 Å². The lowest BCUT2D eigenvalue weighted by Crippen LogP contribution is -2.48. The van der Waals surface area contributed by atoms with Gasteiger partial charge in [0.15, 0.2) is 0 Å². The summed E-state index contributed by atoms with van der Waals surface area (Å²) in [4.78, 5) is 34.8. The third-order valence-corrected chi connectivity index (χ3v) is 4.81. The number of anilines is 2. The first-order valence-corrected chi connectivity index (χ1v) is 9.09. The maximum Gasteiger partial charge on any atom is 0.270 e. The lowest BCUT2D eigenvalue weighted by atomic mass is 10.0. The van der Waals surface area contributed by atoms with E-state index in [0.29, 0.717) is 12.2 Å². The maximum atomic E-state index is 12.3. The Hall–Kier alpha value is -2.77. The number of carbonyl (C=O) groups excluding carboxylic acids is 1. The van der Waals surface area contributed by atoms with Crippen LogP contribution in [0.15, 0.2) is 18.5 Å². The molecule has 4 rings (SSSR count). The largest absolute Gasteiger partial charge is 0.353 e. The van der Waals surface area contributed by atoms with Gasteiger partial charge in [-0.05, 0) is 12.5 Å². The van der Waals surface area contributed by atoms with Gasteiger partial charge in [-0.3, -0.25) is 4.79 Å². The van der Waals surface area contributed by atoms with E-state index in [-0.39, 0.29) is 11.8 Å². The normalized spacial score (nSPS) is 17.3. The molecule has 0 unspecified atom stereocenters. The van der Waals surface area contributed by atoms with Crippen LogP contribution in [0.2, 0.25) is 0 Å². The Morgan fingerprint density at radius 1 is 1.04 bits per heavy atom. The molecule has 26 heavy (non-hydrogen) atoms. The molecule has 4 heterocycles. The van der Waals surface area contributed by atoms with Gasteiger partial charge in [-0.25, -0.2) is 19.9 Å². The van der Waals surface area contributed by atoms with Crippen molar-refractivity contribution in [2.75, 3.05) is 42.5 Å². The highest BCUT2D eigenvalue weighted by Crippen LogP contribution is 2.27. The molecule has 0 radical (unpaired) electrons. The maximum absolute atomic E-state index is 12.3. The third-order valence-electron chi connectivity index (χ3n) is 4.81. The van der Waals surface area contributed by atoms with Crippen molar-refractivity contribution in [2.24, 2.45) is 0 Å². The van der Waals surface area contributed by atoms with Gasteiger partial charge in [0.05, 0.1) is 0 Å². The second kappa shape index (κ2) is 6.86. The summed E-state index contributed by atoms with van der Waals surface area (Å²) in [6.45, 7) is 8.04. The van der Waals surface area contributed by atoms with E-state index in [2.05, 4.69) is 43.9 Å². The molecule has 0 spiro atoms. The lowest BCUT2D eigenvalue weighted by molar-refractivity contribution is 0.0940. The number of piperazine rings is 1. The second-order valence-electron chi connectivity index (χ2n) is 6.92. The minimum Gasteiger partial charge on any atom is -0.353 e. The SMILES string of the molecule is CC(C)c1nc2c(c(N3CCN(c4ncccn4)CC3)n1)CCNC2=O. The van der Waals surface area contributed by atoms with E-state index in [4.69, 9.17) is 4.98 Å². The van der Waals surface area contributed by atoms with Gasteiger partial charge in [0.25, 0.3) is 5.91 Å². The quantitative estimate of drug-likeness (QED) is 0.881. The van der Waals surface area contributed by atoms with Gasteiger partial charge < -0.3 is 15.1 Å². The number of nitrogens with zero attached hydrogens (tertiary/aromatic N) is 6. The minimum absolute atomic E-state index is 0.0897. The number of carbonyl (C=O) groups is 1. The van der Waals surface area contributed by atoms with Crippen LogP contribution in [0, 0.1) is 0 Å². The van der Waals surface area contributed by atoms with E-state index in [9.17, 15) is 4.79 Å². The highest BCUT2D eigenvalue weighted by Gasteiger charge is 2.28. The second-order valence-corrected chi connectivity index (χ2v) is 6.92. The Morgan fingerprint density at radius 3 is 2.42 bits per heavy atom. The summed E-state index contributed by atoms with van der Waals surface area (Å²) in [5.74, 6) is 2.49. The number of hydrogen-bond donors (Lipinski definition) is 1. The predicted octanol–water partition coefficient (Wildman–Crippen LogP) is 1.00. The van der Waals surface area contributed by atoms with E-state index >= 15 is 0 Å². The molecule has 0 bridgehead atoms. The standard InChI is InChI=1S/C18H23N7O/c1-12(2)15-22-14-13(4-7-19-17(14)26)16(23-15)24-8-10-25(11-9-24)18-20-5-3-6-21-18/h3,5-6,12H,4,7-11H2,1-2H3,(H,19,26). The van der Waals surface area contributed by atoms with Crippen molar-refractivity contribution in [1.29, 1.82) is 0 Å². The van der Waals surface area contributed by atoms with E-state index in [1.54, 1.807) is 12.4 Å². The molecular weight excluding hydrogens is 330 g/mol. The zero-order chi connectivity index (χ0) is 18.1. The van der Waals surface area contributed by atoms with E-state index in [1.807, 2.05) is 6.07 Å². The van der Waals surface area contributed by atoms with Gasteiger partial charge >= 0.3 is 0 Å². The summed E-state index contributed by atoms with van der Waals surface area (Å²) in [6, 6.07) is 1.82. The summed E-state index contributed by atoms with van der Waals surface area (Å²) in [6.07, 6.45) is 4.31. The van der Waals surface area contributed by atoms with Gasteiger partial charge in [0, 0.05) is 56.6 Å². The number of amides is 1. The van der Waals surface area contributed by atoms with Gasteiger partial charge in [0.2, 0.25) is 5.95 Å². The van der Waals surface area contributed by atoms with Crippen LogP contribution >= 0.6 is 0 Å². The Bertz CT molecular complexity index is 801. The first-order valence-electron chi connectivity index (χ1n) is 9.09. The van der Waals surface area contributed by atoms with Crippen LogP contribution in [0.25, 0.3) is 0 Å². The Labute approximate surface area is 152 Å². The molecule has 1 amide bonds. The molecule has 0 aromatic carbocycles. The summed E-state index contributed by atoms with van der Waals surface area (Å²) in [5, 5.41) is 2.89. The fraction of sp³-hybridized carbons (Fsp3) is 0.500. The molecule has 1 fully saturated rings. The van der Waals surface area contributed by atoms with Gasteiger partial charge in [0.1, 0.15) is 17.3 Å². The van der Waals surface area contributed by atoms with Crippen molar-refractivity contribution >= 4 is 17.7 Å². The predicted molar refractivity (Wildman–Crippen MR) is 98.6 cm³/mol. The average Bonchev–Trinajstić information content (AvgIpc) is 2.68. The van der Waals surface area contributed by atoms with Crippen molar-refractivity contribution in [3.63, 3.8) is 0 Å². The molecule has 1 saturated heterocycles. The smallest absolute Gasteiger partial charge is 0.270 e. The van der Waals surface area contributed by atoms with Crippen molar-refractivity contribution in [2.45, 2.75) is 26.2 Å². The van der Waals surface area contributed by atoms with Gasteiger partial charge in [-0.2, -0.15) is 0 Å². The molecule has 8 heteroatoms.